The van der Waals surface area contributed by atoms with E-state index in [1.807, 2.05) is 0 Å². The lowest BCUT2D eigenvalue weighted by molar-refractivity contribution is 0.321. The Bertz CT molecular complexity index is 172. The van der Waals surface area contributed by atoms with Gasteiger partial charge in [0, 0.05) is 0 Å². The van der Waals surface area contributed by atoms with Gasteiger partial charge in [-0.2, -0.15) is 4.98 Å². The van der Waals surface area contributed by atoms with E-state index in [1.165, 1.54) is 0 Å². The average Bonchev–Trinajstić information content (AvgIpc) is 2.34. The summed E-state index contributed by atoms with van der Waals surface area (Å²) >= 11 is 5.29. The topological polar surface area (TPSA) is 38.9 Å². The molecule has 0 spiro atoms. The van der Waals surface area contributed by atoms with Crippen molar-refractivity contribution in [3.05, 3.63) is 11.7 Å². The summed E-state index contributed by atoms with van der Waals surface area (Å²) < 4.78 is 16.0. The Labute approximate surface area is 55.8 Å². The van der Waals surface area contributed by atoms with Crippen LogP contribution in [0.4, 0.5) is 4.39 Å². The summed E-state index contributed by atoms with van der Waals surface area (Å²) in [5, 5.41) is 3.35. The van der Waals surface area contributed by atoms with Crippen LogP contribution in [0.15, 0.2) is 4.52 Å². The average molecular weight is 151 g/mol. The van der Waals surface area contributed by atoms with Gasteiger partial charge >= 0.3 is 0 Å². The third-order valence-corrected chi connectivity index (χ3v) is 0.983. The lowest BCUT2D eigenvalue weighted by Crippen LogP contribution is -1.80. The minimum atomic E-state index is -0.732. The first kappa shape index (κ1) is 6.48. The highest BCUT2D eigenvalue weighted by molar-refractivity contribution is 6.16. The van der Waals surface area contributed by atoms with E-state index in [0.29, 0.717) is 5.82 Å². The van der Waals surface area contributed by atoms with Crippen LogP contribution in [0.1, 0.15) is 11.7 Å². The SMILES string of the molecule is FCc1nc(CCl)no1. The zero-order valence-electron chi connectivity index (χ0n) is 4.47. The highest BCUT2D eigenvalue weighted by atomic mass is 35.5. The second kappa shape index (κ2) is 2.77. The Morgan fingerprint density at radius 1 is 1.67 bits per heavy atom. The van der Waals surface area contributed by atoms with Crippen LogP contribution < -0.4 is 0 Å². The number of nitrogens with zero attached hydrogens (tertiary/aromatic N) is 2. The lowest BCUT2D eigenvalue weighted by atomic mass is 10.7. The minimum Gasteiger partial charge on any atom is -0.336 e. The lowest BCUT2D eigenvalue weighted by Gasteiger charge is -1.74. The fraction of sp³-hybridized carbons (Fsp3) is 0.500. The Morgan fingerprint density at radius 3 is 2.78 bits per heavy atom. The molecule has 50 valence electrons. The van der Waals surface area contributed by atoms with Crippen LogP contribution in [0, 0.1) is 0 Å². The van der Waals surface area contributed by atoms with Gasteiger partial charge in [-0.3, -0.25) is 0 Å². The number of rotatable bonds is 2. The van der Waals surface area contributed by atoms with E-state index in [2.05, 4.69) is 14.7 Å². The van der Waals surface area contributed by atoms with Gasteiger partial charge in [-0.15, -0.1) is 11.6 Å². The van der Waals surface area contributed by atoms with E-state index in [1.54, 1.807) is 0 Å². The molecule has 0 bridgehead atoms. The van der Waals surface area contributed by atoms with E-state index in [-0.39, 0.29) is 11.8 Å². The highest BCUT2D eigenvalue weighted by Crippen LogP contribution is 2.00. The van der Waals surface area contributed by atoms with Gasteiger partial charge in [-0.25, -0.2) is 4.39 Å². The van der Waals surface area contributed by atoms with E-state index in [9.17, 15) is 4.39 Å². The van der Waals surface area contributed by atoms with Gasteiger partial charge in [0.1, 0.15) is 0 Å². The molecule has 0 aliphatic carbocycles. The molecular formula is C4H4ClFN2O. The molecule has 0 aromatic carbocycles. The van der Waals surface area contributed by atoms with Crippen molar-refractivity contribution in [1.82, 2.24) is 10.1 Å². The van der Waals surface area contributed by atoms with Gasteiger partial charge < -0.3 is 4.52 Å². The molecule has 0 fully saturated rings. The molecule has 3 nitrogen and oxygen atoms in total. The summed E-state index contributed by atoms with van der Waals surface area (Å²) in [7, 11) is 0. The van der Waals surface area contributed by atoms with Crippen LogP contribution in [0.2, 0.25) is 0 Å². The first-order valence-electron chi connectivity index (χ1n) is 2.30. The first-order chi connectivity index (χ1) is 4.36. The molecule has 0 unspecified atom stereocenters. The van der Waals surface area contributed by atoms with Gasteiger partial charge in [-0.1, -0.05) is 5.16 Å². The molecule has 9 heavy (non-hydrogen) atoms. The Morgan fingerprint density at radius 2 is 2.44 bits per heavy atom. The Balaban J connectivity index is 2.74. The summed E-state index contributed by atoms with van der Waals surface area (Å²) in [5.41, 5.74) is 0. The number of hydrogen-bond donors (Lipinski definition) is 0. The normalized spacial score (nSPS) is 10.0. The molecule has 0 atom stereocenters. The van der Waals surface area contributed by atoms with Crippen molar-refractivity contribution < 1.29 is 8.91 Å². The molecule has 0 saturated carbocycles. The predicted molar refractivity (Wildman–Crippen MR) is 28.7 cm³/mol. The van der Waals surface area contributed by atoms with E-state index >= 15 is 0 Å². The maximum Gasteiger partial charge on any atom is 0.258 e. The van der Waals surface area contributed by atoms with Crippen LogP contribution >= 0.6 is 11.6 Å². The van der Waals surface area contributed by atoms with Crippen molar-refractivity contribution in [3.8, 4) is 0 Å². The minimum absolute atomic E-state index is 0.0225. The summed E-state index contributed by atoms with van der Waals surface area (Å²) in [6.07, 6.45) is 0. The van der Waals surface area contributed by atoms with Crippen molar-refractivity contribution >= 4 is 11.6 Å². The second-order valence-electron chi connectivity index (χ2n) is 1.37. The molecule has 0 N–H and O–H groups in total. The van der Waals surface area contributed by atoms with Crippen LogP contribution in [0.5, 0.6) is 0 Å². The maximum absolute atomic E-state index is 11.6. The smallest absolute Gasteiger partial charge is 0.258 e. The molecular weight excluding hydrogens is 147 g/mol. The molecule has 0 aliphatic heterocycles. The third-order valence-electron chi connectivity index (χ3n) is 0.744. The second-order valence-corrected chi connectivity index (χ2v) is 1.64. The monoisotopic (exact) mass is 150 g/mol. The molecule has 1 aromatic heterocycles. The zero-order chi connectivity index (χ0) is 6.69. The fourth-order valence-corrected chi connectivity index (χ4v) is 0.507. The number of alkyl halides is 2. The summed E-state index contributed by atoms with van der Waals surface area (Å²) in [5.74, 6) is 0.457. The Kier molecular flexibility index (Phi) is 2.00. The number of hydrogen-bond acceptors (Lipinski definition) is 3. The summed E-state index contributed by atoms with van der Waals surface area (Å²) in [4.78, 5) is 3.56. The van der Waals surface area contributed by atoms with E-state index in [4.69, 9.17) is 11.6 Å². The van der Waals surface area contributed by atoms with Gasteiger partial charge in [0.2, 0.25) is 0 Å². The van der Waals surface area contributed by atoms with Gasteiger partial charge in [0.15, 0.2) is 12.5 Å². The number of aromatic nitrogens is 2. The summed E-state index contributed by atoms with van der Waals surface area (Å²) in [6.45, 7) is -0.732. The van der Waals surface area contributed by atoms with Crippen molar-refractivity contribution in [1.29, 1.82) is 0 Å². The molecule has 0 amide bonds. The van der Waals surface area contributed by atoms with Crippen LogP contribution in [0.3, 0.4) is 0 Å². The van der Waals surface area contributed by atoms with Gasteiger partial charge in [0.05, 0.1) is 5.88 Å². The summed E-state index contributed by atoms with van der Waals surface area (Å²) in [6, 6.07) is 0. The zero-order valence-corrected chi connectivity index (χ0v) is 5.23. The van der Waals surface area contributed by atoms with Crippen molar-refractivity contribution in [3.63, 3.8) is 0 Å². The standard InChI is InChI=1S/C4H4ClFN2O/c5-1-3-7-4(2-6)9-8-3/h1-2H2. The van der Waals surface area contributed by atoms with Crippen molar-refractivity contribution in [2.24, 2.45) is 0 Å². The molecule has 1 heterocycles. The number of halogens is 2. The highest BCUT2D eigenvalue weighted by Gasteiger charge is 2.02. The molecule has 5 heteroatoms. The fourth-order valence-electron chi connectivity index (χ4n) is 0.399. The molecule has 0 radical (unpaired) electrons. The first-order valence-corrected chi connectivity index (χ1v) is 2.83. The van der Waals surface area contributed by atoms with Gasteiger partial charge in [-0.05, 0) is 0 Å². The predicted octanol–water partition coefficient (Wildman–Crippen LogP) is 1.28. The molecule has 1 aromatic rings. The molecule has 0 aliphatic rings. The largest absolute Gasteiger partial charge is 0.336 e. The van der Waals surface area contributed by atoms with Crippen LogP contribution in [-0.4, -0.2) is 10.1 Å². The van der Waals surface area contributed by atoms with Crippen molar-refractivity contribution in [2.75, 3.05) is 0 Å². The van der Waals surface area contributed by atoms with Gasteiger partial charge in [0.25, 0.3) is 5.89 Å². The molecule has 0 saturated heterocycles. The Hall–Kier alpha value is -0.640. The molecule has 1 rings (SSSR count). The van der Waals surface area contributed by atoms with Crippen LogP contribution in [-0.2, 0) is 12.6 Å². The van der Waals surface area contributed by atoms with Crippen LogP contribution in [0.25, 0.3) is 0 Å². The maximum atomic E-state index is 11.6. The third kappa shape index (κ3) is 1.38. The van der Waals surface area contributed by atoms with E-state index < -0.39 is 6.67 Å². The van der Waals surface area contributed by atoms with E-state index in [0.717, 1.165) is 0 Å². The van der Waals surface area contributed by atoms with Crippen molar-refractivity contribution in [2.45, 2.75) is 12.6 Å². The quantitative estimate of drug-likeness (QED) is 0.596.